The van der Waals surface area contributed by atoms with E-state index in [9.17, 15) is 9.59 Å². The van der Waals surface area contributed by atoms with Gasteiger partial charge in [-0.2, -0.15) is 0 Å². The van der Waals surface area contributed by atoms with E-state index in [2.05, 4.69) is 29.6 Å². The fourth-order valence-electron chi connectivity index (χ4n) is 3.95. The fraction of sp³-hybridized carbons (Fsp3) is 0.320. The summed E-state index contributed by atoms with van der Waals surface area (Å²) in [7, 11) is 3.50. The van der Waals surface area contributed by atoms with Crippen LogP contribution in [-0.4, -0.2) is 53.9 Å². The van der Waals surface area contributed by atoms with Crippen LogP contribution < -0.4 is 5.32 Å². The van der Waals surface area contributed by atoms with Crippen LogP contribution in [0.15, 0.2) is 60.7 Å². The van der Waals surface area contributed by atoms with Crippen molar-refractivity contribution >= 4 is 28.4 Å². The molecule has 0 aliphatic carbocycles. The molecule has 1 saturated heterocycles. The van der Waals surface area contributed by atoms with Crippen molar-refractivity contribution in [1.29, 1.82) is 0 Å². The number of nitrogens with one attached hydrogen (secondary N) is 1. The maximum Gasteiger partial charge on any atom is 0.319 e. The number of rotatable bonds is 5. The van der Waals surface area contributed by atoms with Crippen LogP contribution in [0.5, 0.6) is 0 Å². The monoisotopic (exact) mass is 448 g/mol. The van der Waals surface area contributed by atoms with E-state index < -0.39 is 0 Å². The maximum absolute atomic E-state index is 12.9. The van der Waals surface area contributed by atoms with Crippen molar-refractivity contribution in [2.75, 3.05) is 32.5 Å². The number of urea groups is 1. The quantitative estimate of drug-likeness (QED) is 0.614. The third-order valence-corrected chi connectivity index (χ3v) is 6.76. The molecule has 3 amide bonds. The summed E-state index contributed by atoms with van der Waals surface area (Å²) in [5.74, 6) is -0.121. The first-order valence-corrected chi connectivity index (χ1v) is 11.7. The number of carbonyl (C=O) groups excluding carboxylic acids is 2. The molecule has 7 heteroatoms. The first-order valence-electron chi connectivity index (χ1n) is 10.9. The predicted molar refractivity (Wildman–Crippen MR) is 129 cm³/mol. The lowest BCUT2D eigenvalue weighted by Gasteiger charge is -2.32. The molecule has 1 fully saturated rings. The molecule has 1 aliphatic rings. The highest BCUT2D eigenvalue weighted by atomic mass is 32.1. The van der Waals surface area contributed by atoms with E-state index in [1.165, 1.54) is 16.9 Å². The summed E-state index contributed by atoms with van der Waals surface area (Å²) in [5, 5.41) is 3.68. The number of hydrogen-bond acceptors (Lipinski definition) is 4. The number of piperidine rings is 1. The van der Waals surface area contributed by atoms with Crippen molar-refractivity contribution < 1.29 is 9.59 Å². The standard InChI is InChI=1S/C25H28N4O2S/c1-28(2)25(31)29-15-13-20(14-16-29)23(30)27-24-26-21(17-18-9-5-3-6-10-18)22(32-24)19-11-7-4-8-12-19/h3-12,20H,13-17H2,1-2H3,(H,26,27,30). The smallest absolute Gasteiger partial charge is 0.319 e. The van der Waals surface area contributed by atoms with E-state index in [-0.39, 0.29) is 17.9 Å². The molecule has 1 aliphatic heterocycles. The van der Waals surface area contributed by atoms with E-state index in [0.29, 0.717) is 37.5 Å². The first-order chi connectivity index (χ1) is 15.5. The number of thiazole rings is 1. The molecule has 32 heavy (non-hydrogen) atoms. The van der Waals surface area contributed by atoms with E-state index in [1.54, 1.807) is 23.9 Å². The Morgan fingerprint density at radius 3 is 2.28 bits per heavy atom. The van der Waals surface area contributed by atoms with Gasteiger partial charge >= 0.3 is 6.03 Å². The highest BCUT2D eigenvalue weighted by Gasteiger charge is 2.28. The molecule has 1 aromatic heterocycles. The lowest BCUT2D eigenvalue weighted by Crippen LogP contribution is -2.45. The number of likely N-dealkylation sites (tertiary alicyclic amines) is 1. The molecule has 4 rings (SSSR count). The van der Waals surface area contributed by atoms with E-state index in [4.69, 9.17) is 4.98 Å². The molecule has 0 unspecified atom stereocenters. The molecular formula is C25H28N4O2S. The summed E-state index contributed by atoms with van der Waals surface area (Å²) >= 11 is 1.52. The number of carbonyl (C=O) groups is 2. The molecule has 166 valence electrons. The highest BCUT2D eigenvalue weighted by Crippen LogP contribution is 2.35. The Hall–Kier alpha value is -3.19. The lowest BCUT2D eigenvalue weighted by atomic mass is 9.96. The van der Waals surface area contributed by atoms with Gasteiger partial charge in [-0.15, -0.1) is 0 Å². The van der Waals surface area contributed by atoms with Crippen LogP contribution in [0.2, 0.25) is 0 Å². The van der Waals surface area contributed by atoms with Crippen LogP contribution in [0.1, 0.15) is 24.1 Å². The molecule has 1 N–H and O–H groups in total. The van der Waals surface area contributed by atoms with Gasteiger partial charge in [-0.1, -0.05) is 72.0 Å². The number of nitrogens with zero attached hydrogens (tertiary/aromatic N) is 3. The molecule has 0 atom stereocenters. The van der Waals surface area contributed by atoms with Crippen LogP contribution in [-0.2, 0) is 11.2 Å². The third kappa shape index (κ3) is 5.16. The Balaban J connectivity index is 1.48. The van der Waals surface area contributed by atoms with Crippen molar-refractivity contribution in [3.05, 3.63) is 71.9 Å². The minimum atomic E-state index is -0.108. The van der Waals surface area contributed by atoms with Crippen molar-refractivity contribution in [2.45, 2.75) is 19.3 Å². The van der Waals surface area contributed by atoms with Crippen LogP contribution in [0, 0.1) is 5.92 Å². The third-order valence-electron chi connectivity index (χ3n) is 5.70. The summed E-state index contributed by atoms with van der Waals surface area (Å²) in [6, 6.07) is 20.4. The topological polar surface area (TPSA) is 65.5 Å². The minimum absolute atomic E-state index is 0.00170. The molecule has 0 saturated carbocycles. The highest BCUT2D eigenvalue weighted by molar-refractivity contribution is 7.19. The average molecular weight is 449 g/mol. The Bertz CT molecular complexity index is 1060. The number of aromatic nitrogens is 1. The van der Waals surface area contributed by atoms with Crippen molar-refractivity contribution in [1.82, 2.24) is 14.8 Å². The minimum Gasteiger partial charge on any atom is -0.331 e. The van der Waals surface area contributed by atoms with E-state index in [1.807, 2.05) is 36.4 Å². The molecule has 0 bridgehead atoms. The number of anilines is 1. The Kier molecular flexibility index (Phi) is 6.85. The molecule has 0 spiro atoms. The molecule has 2 aromatic carbocycles. The summed E-state index contributed by atoms with van der Waals surface area (Å²) in [6.07, 6.45) is 2.04. The zero-order valence-corrected chi connectivity index (χ0v) is 19.3. The van der Waals surface area contributed by atoms with Crippen LogP contribution in [0.25, 0.3) is 10.4 Å². The first kappa shape index (κ1) is 22.0. The molecule has 6 nitrogen and oxygen atoms in total. The molecule has 0 radical (unpaired) electrons. The summed E-state index contributed by atoms with van der Waals surface area (Å²) < 4.78 is 0. The molecule has 2 heterocycles. The van der Waals surface area contributed by atoms with Crippen LogP contribution >= 0.6 is 11.3 Å². The zero-order chi connectivity index (χ0) is 22.5. The van der Waals surface area contributed by atoms with Gasteiger partial charge in [-0.3, -0.25) is 4.79 Å². The van der Waals surface area contributed by atoms with Crippen LogP contribution in [0.3, 0.4) is 0 Å². The predicted octanol–water partition coefficient (Wildman–Crippen LogP) is 4.73. The summed E-state index contributed by atoms with van der Waals surface area (Å²) in [4.78, 5) is 34.3. The van der Waals surface area contributed by atoms with Gasteiger partial charge in [0.2, 0.25) is 5.91 Å². The van der Waals surface area contributed by atoms with Gasteiger partial charge in [0.05, 0.1) is 10.6 Å². The number of benzene rings is 2. The second kappa shape index (κ2) is 9.96. The van der Waals surface area contributed by atoms with Crippen molar-refractivity contribution in [3.8, 4) is 10.4 Å². The lowest BCUT2D eigenvalue weighted by molar-refractivity contribution is -0.121. The Labute approximate surface area is 192 Å². The molecular weight excluding hydrogens is 420 g/mol. The molecule has 3 aromatic rings. The van der Waals surface area contributed by atoms with E-state index in [0.717, 1.165) is 16.1 Å². The second-order valence-corrected chi connectivity index (χ2v) is 9.25. The Morgan fingerprint density at radius 2 is 1.66 bits per heavy atom. The van der Waals surface area contributed by atoms with Gasteiger partial charge in [-0.25, -0.2) is 9.78 Å². The number of hydrogen-bond donors (Lipinski definition) is 1. The Morgan fingerprint density at radius 1 is 1.03 bits per heavy atom. The fourth-order valence-corrected chi connectivity index (χ4v) is 4.94. The second-order valence-electron chi connectivity index (χ2n) is 8.25. The average Bonchev–Trinajstić information content (AvgIpc) is 3.21. The maximum atomic E-state index is 12.9. The van der Waals surface area contributed by atoms with Crippen molar-refractivity contribution in [2.24, 2.45) is 5.92 Å². The van der Waals surface area contributed by atoms with Gasteiger partial charge in [-0.05, 0) is 24.0 Å². The normalized spacial score (nSPS) is 14.2. The van der Waals surface area contributed by atoms with Gasteiger partial charge < -0.3 is 15.1 Å². The van der Waals surface area contributed by atoms with Gasteiger partial charge in [0, 0.05) is 39.5 Å². The van der Waals surface area contributed by atoms with Gasteiger partial charge in [0.15, 0.2) is 5.13 Å². The van der Waals surface area contributed by atoms with Crippen molar-refractivity contribution in [3.63, 3.8) is 0 Å². The van der Waals surface area contributed by atoms with Gasteiger partial charge in [0.25, 0.3) is 0 Å². The van der Waals surface area contributed by atoms with Gasteiger partial charge in [0.1, 0.15) is 0 Å². The largest absolute Gasteiger partial charge is 0.331 e. The summed E-state index contributed by atoms with van der Waals surface area (Å²) in [5.41, 5.74) is 3.26. The number of amides is 3. The van der Waals surface area contributed by atoms with E-state index >= 15 is 0 Å². The summed E-state index contributed by atoms with van der Waals surface area (Å²) in [6.45, 7) is 1.20. The zero-order valence-electron chi connectivity index (χ0n) is 18.5. The SMILES string of the molecule is CN(C)C(=O)N1CCC(C(=O)Nc2nc(Cc3ccccc3)c(-c3ccccc3)s2)CC1. The van der Waals surface area contributed by atoms with Crippen LogP contribution in [0.4, 0.5) is 9.93 Å².